The molecule has 1 heterocycles. The van der Waals surface area contributed by atoms with Crippen LogP contribution in [0.25, 0.3) is 0 Å². The van der Waals surface area contributed by atoms with Crippen LogP contribution in [0.5, 0.6) is 0 Å². The molecule has 2 fully saturated rings. The number of nitrogens with one attached hydrogen (secondary N) is 2. The van der Waals surface area contributed by atoms with Crippen LogP contribution in [-0.2, 0) is 19.1 Å². The highest BCUT2D eigenvalue weighted by atomic mass is 16.7. The van der Waals surface area contributed by atoms with Gasteiger partial charge in [0.25, 0.3) is 0 Å². The lowest BCUT2D eigenvalue weighted by Crippen LogP contribution is -2.40. The minimum atomic E-state index is -0.790. The molecule has 1 atom stereocenters. The number of carbonyl (C=O) groups excluding carboxylic acids is 3. The van der Waals surface area contributed by atoms with Crippen LogP contribution in [0, 0.1) is 0 Å². The van der Waals surface area contributed by atoms with Crippen LogP contribution < -0.4 is 16.4 Å². The van der Waals surface area contributed by atoms with Crippen LogP contribution in [0.3, 0.4) is 0 Å². The van der Waals surface area contributed by atoms with Gasteiger partial charge in [-0.15, -0.1) is 0 Å². The average molecular weight is 347 g/mol. The molecule has 8 nitrogen and oxygen atoms in total. The van der Waals surface area contributed by atoms with Gasteiger partial charge < -0.3 is 25.8 Å². The summed E-state index contributed by atoms with van der Waals surface area (Å²) in [6.07, 6.45) is 3.66. The molecule has 25 heavy (non-hydrogen) atoms. The van der Waals surface area contributed by atoms with Crippen molar-refractivity contribution in [2.75, 3.05) is 18.5 Å². The van der Waals surface area contributed by atoms with Crippen molar-refractivity contribution in [3.05, 3.63) is 29.8 Å². The summed E-state index contributed by atoms with van der Waals surface area (Å²) in [5.74, 6) is -2.59. The third kappa shape index (κ3) is 4.15. The number of hydrogen-bond acceptors (Lipinski definition) is 5. The molecule has 2 aliphatic rings. The lowest BCUT2D eigenvalue weighted by atomic mass is 10.2. The van der Waals surface area contributed by atoms with Gasteiger partial charge in [0.1, 0.15) is 6.10 Å². The number of nitrogens with two attached hydrogens (primary N) is 1. The molecule has 0 bridgehead atoms. The number of primary amides is 1. The van der Waals surface area contributed by atoms with Gasteiger partial charge in [-0.05, 0) is 37.1 Å². The highest BCUT2D eigenvalue weighted by Crippen LogP contribution is 2.38. The van der Waals surface area contributed by atoms with E-state index in [-0.39, 0.29) is 12.6 Å². The first-order valence-electron chi connectivity index (χ1n) is 8.28. The smallest absolute Gasteiger partial charge is 0.313 e. The summed E-state index contributed by atoms with van der Waals surface area (Å²) < 4.78 is 11.6. The van der Waals surface area contributed by atoms with Crippen molar-refractivity contribution in [1.29, 1.82) is 0 Å². The van der Waals surface area contributed by atoms with Crippen LogP contribution in [-0.4, -0.2) is 42.8 Å². The molecular formula is C17H21N3O5. The van der Waals surface area contributed by atoms with Gasteiger partial charge in [-0.2, -0.15) is 0 Å². The molecule has 1 aliphatic carbocycles. The third-order valence-electron chi connectivity index (χ3n) is 4.40. The van der Waals surface area contributed by atoms with E-state index in [0.29, 0.717) is 17.9 Å². The van der Waals surface area contributed by atoms with Gasteiger partial charge in [0.05, 0.1) is 6.61 Å². The second-order valence-electron chi connectivity index (χ2n) is 6.27. The Labute approximate surface area is 145 Å². The van der Waals surface area contributed by atoms with Crippen molar-refractivity contribution in [3.63, 3.8) is 0 Å². The predicted molar refractivity (Wildman–Crippen MR) is 88.6 cm³/mol. The maximum absolute atomic E-state index is 11.9. The maximum Gasteiger partial charge on any atom is 0.313 e. The van der Waals surface area contributed by atoms with E-state index in [2.05, 4.69) is 10.6 Å². The summed E-state index contributed by atoms with van der Waals surface area (Å²) in [4.78, 5) is 34.8. The summed E-state index contributed by atoms with van der Waals surface area (Å²) in [5, 5.41) is 5.01. The van der Waals surface area contributed by atoms with Crippen LogP contribution in [0.2, 0.25) is 0 Å². The van der Waals surface area contributed by atoms with Crippen molar-refractivity contribution < 1.29 is 23.9 Å². The van der Waals surface area contributed by atoms with Crippen molar-refractivity contribution in [2.24, 2.45) is 5.73 Å². The zero-order valence-electron chi connectivity index (χ0n) is 13.7. The highest BCUT2D eigenvalue weighted by Gasteiger charge is 2.43. The van der Waals surface area contributed by atoms with Gasteiger partial charge in [0.2, 0.25) is 5.91 Å². The molecular weight excluding hydrogens is 326 g/mol. The van der Waals surface area contributed by atoms with E-state index < -0.39 is 23.5 Å². The Kier molecular flexibility index (Phi) is 5.00. The summed E-state index contributed by atoms with van der Waals surface area (Å²) in [5.41, 5.74) is 5.86. The molecule has 1 saturated heterocycles. The number of carbonyl (C=O) groups is 3. The highest BCUT2D eigenvalue weighted by molar-refractivity contribution is 6.39. The van der Waals surface area contributed by atoms with E-state index in [9.17, 15) is 14.4 Å². The molecule has 3 rings (SSSR count). The van der Waals surface area contributed by atoms with Gasteiger partial charge in [0, 0.05) is 30.6 Å². The van der Waals surface area contributed by atoms with Crippen LogP contribution in [0.1, 0.15) is 36.0 Å². The van der Waals surface area contributed by atoms with Crippen LogP contribution >= 0.6 is 0 Å². The molecule has 134 valence electrons. The summed E-state index contributed by atoms with van der Waals surface area (Å²) >= 11 is 0. The lowest BCUT2D eigenvalue weighted by Gasteiger charge is -2.21. The number of amides is 3. The van der Waals surface area contributed by atoms with Crippen molar-refractivity contribution in [1.82, 2.24) is 5.32 Å². The van der Waals surface area contributed by atoms with Crippen molar-refractivity contribution in [3.8, 4) is 0 Å². The first kappa shape index (κ1) is 17.4. The number of anilines is 1. The summed E-state index contributed by atoms with van der Waals surface area (Å²) in [7, 11) is 0. The first-order chi connectivity index (χ1) is 12.0. The van der Waals surface area contributed by atoms with E-state index in [1.807, 2.05) is 0 Å². The average Bonchev–Trinajstić information content (AvgIpc) is 3.23. The van der Waals surface area contributed by atoms with Gasteiger partial charge in [0.15, 0.2) is 5.79 Å². The van der Waals surface area contributed by atoms with Gasteiger partial charge in [-0.3, -0.25) is 14.4 Å². The first-order valence-corrected chi connectivity index (χ1v) is 8.28. The number of benzene rings is 1. The Balaban J connectivity index is 1.45. The maximum atomic E-state index is 11.9. The van der Waals surface area contributed by atoms with Crippen molar-refractivity contribution in [2.45, 2.75) is 37.6 Å². The van der Waals surface area contributed by atoms with Gasteiger partial charge >= 0.3 is 11.8 Å². The third-order valence-corrected chi connectivity index (χ3v) is 4.40. The minimum absolute atomic E-state index is 0.217. The Bertz CT molecular complexity index is 667. The molecule has 1 spiro atoms. The standard InChI is InChI=1S/C17H21N3O5/c18-14(21)11-3-5-12(6-4-11)20-16(23)15(22)19-9-13-10-24-17(25-13)7-1-2-8-17/h3-6,13H,1-2,7-10H2,(H2,18,21)(H,19,22)(H,20,23)/t13-/m0/s1. The fourth-order valence-electron chi connectivity index (χ4n) is 3.09. The quantitative estimate of drug-likeness (QED) is 0.686. The molecule has 1 saturated carbocycles. The molecule has 8 heteroatoms. The molecule has 1 aliphatic heterocycles. The molecule has 4 N–H and O–H groups in total. The van der Waals surface area contributed by atoms with E-state index >= 15 is 0 Å². The van der Waals surface area contributed by atoms with Crippen molar-refractivity contribution >= 4 is 23.4 Å². The molecule has 0 radical (unpaired) electrons. The minimum Gasteiger partial charge on any atom is -0.366 e. The topological polar surface area (TPSA) is 120 Å². The summed E-state index contributed by atoms with van der Waals surface area (Å²) in [6, 6.07) is 5.95. The van der Waals surface area contributed by atoms with E-state index in [4.69, 9.17) is 15.2 Å². The zero-order chi connectivity index (χ0) is 17.9. The number of rotatable bonds is 4. The predicted octanol–water partition coefficient (Wildman–Crippen LogP) is 0.526. The van der Waals surface area contributed by atoms with Crippen LogP contribution in [0.15, 0.2) is 24.3 Å². The Morgan fingerprint density at radius 3 is 2.44 bits per heavy atom. The summed E-state index contributed by atoms with van der Waals surface area (Å²) in [6.45, 7) is 0.630. The van der Waals surface area contributed by atoms with E-state index in [0.717, 1.165) is 25.7 Å². The zero-order valence-corrected chi connectivity index (χ0v) is 13.7. The number of ether oxygens (including phenoxy) is 2. The second-order valence-corrected chi connectivity index (χ2v) is 6.27. The molecule has 1 aromatic rings. The monoisotopic (exact) mass is 347 g/mol. The fourth-order valence-corrected chi connectivity index (χ4v) is 3.09. The number of hydrogen-bond donors (Lipinski definition) is 3. The molecule has 0 aromatic heterocycles. The second kappa shape index (κ2) is 7.20. The Morgan fingerprint density at radius 1 is 1.12 bits per heavy atom. The fraction of sp³-hybridized carbons (Fsp3) is 0.471. The molecule has 3 amide bonds. The lowest BCUT2D eigenvalue weighted by molar-refractivity contribution is -0.161. The molecule has 1 aromatic carbocycles. The van der Waals surface area contributed by atoms with E-state index in [1.165, 1.54) is 24.3 Å². The largest absolute Gasteiger partial charge is 0.366 e. The van der Waals surface area contributed by atoms with E-state index in [1.54, 1.807) is 0 Å². The SMILES string of the molecule is NC(=O)c1ccc(NC(=O)C(=O)NC[C@H]2COC3(CCCC3)O2)cc1. The van der Waals surface area contributed by atoms with Gasteiger partial charge in [-0.1, -0.05) is 0 Å². The van der Waals surface area contributed by atoms with Crippen LogP contribution in [0.4, 0.5) is 5.69 Å². The molecule has 0 unspecified atom stereocenters. The Hall–Kier alpha value is -2.45. The van der Waals surface area contributed by atoms with Gasteiger partial charge in [-0.25, -0.2) is 0 Å². The Morgan fingerprint density at radius 2 is 1.80 bits per heavy atom. The normalized spacial score (nSPS) is 21.2.